The lowest BCUT2D eigenvalue weighted by Gasteiger charge is -2.16. The second-order valence-corrected chi connectivity index (χ2v) is 6.88. The summed E-state index contributed by atoms with van der Waals surface area (Å²) in [5.74, 6) is 0.901. The Balaban J connectivity index is 1.69. The number of hydrogen-bond donors (Lipinski definition) is 1. The summed E-state index contributed by atoms with van der Waals surface area (Å²) >= 11 is 0. The van der Waals surface area contributed by atoms with Crippen molar-refractivity contribution in [3.63, 3.8) is 0 Å². The fraction of sp³-hybridized carbons (Fsp3) is 0.278. The molecule has 26 heavy (non-hydrogen) atoms. The van der Waals surface area contributed by atoms with E-state index in [1.807, 2.05) is 31.2 Å². The van der Waals surface area contributed by atoms with Gasteiger partial charge in [-0.1, -0.05) is 10.4 Å². The van der Waals surface area contributed by atoms with Crippen LogP contribution in [0.15, 0.2) is 41.2 Å². The summed E-state index contributed by atoms with van der Waals surface area (Å²) in [6.45, 7) is 5.79. The van der Waals surface area contributed by atoms with Crippen LogP contribution in [0.2, 0.25) is 0 Å². The van der Waals surface area contributed by atoms with Crippen molar-refractivity contribution < 1.29 is 9.63 Å². The molecule has 0 bridgehead atoms. The van der Waals surface area contributed by atoms with Crippen molar-refractivity contribution in [1.29, 1.82) is 0 Å². The van der Waals surface area contributed by atoms with Crippen LogP contribution in [0.3, 0.4) is 0 Å². The number of rotatable bonds is 4. The van der Waals surface area contributed by atoms with E-state index in [1.165, 1.54) is 0 Å². The number of benzene rings is 1. The minimum absolute atomic E-state index is 0.357. The predicted molar refractivity (Wildman–Crippen MR) is 95.1 cm³/mol. The van der Waals surface area contributed by atoms with Gasteiger partial charge in [0.2, 0.25) is 5.82 Å². The van der Waals surface area contributed by atoms with Gasteiger partial charge < -0.3 is 9.63 Å². The maximum Gasteiger partial charge on any atom is 0.260 e. The lowest BCUT2D eigenvalue weighted by molar-refractivity contribution is 0.0585. The standard InChI is InChI=1S/C18H18N6O2/c1-11-6-7-19-9-13(11)17-20-16(22-26-17)12-4-5-15-14(8-12)21-23-24(15)10-18(2,3)25/h4-9,25H,10H2,1-3H3. The zero-order valence-electron chi connectivity index (χ0n) is 14.7. The molecule has 1 N–H and O–H groups in total. The molecule has 0 aliphatic heterocycles. The molecule has 4 rings (SSSR count). The van der Waals surface area contributed by atoms with Crippen LogP contribution in [0.1, 0.15) is 19.4 Å². The molecule has 0 fully saturated rings. The Morgan fingerprint density at radius 1 is 1.23 bits per heavy atom. The monoisotopic (exact) mass is 350 g/mol. The average Bonchev–Trinajstić information content (AvgIpc) is 3.21. The summed E-state index contributed by atoms with van der Waals surface area (Å²) < 4.78 is 7.07. The van der Waals surface area contributed by atoms with Crippen molar-refractivity contribution >= 4 is 11.0 Å². The predicted octanol–water partition coefficient (Wildman–Crippen LogP) is 2.62. The summed E-state index contributed by atoms with van der Waals surface area (Å²) in [5.41, 5.74) is 3.27. The van der Waals surface area contributed by atoms with Crippen molar-refractivity contribution in [3.05, 3.63) is 42.2 Å². The van der Waals surface area contributed by atoms with Crippen LogP contribution >= 0.6 is 0 Å². The molecule has 4 aromatic rings. The zero-order chi connectivity index (χ0) is 18.3. The highest BCUT2D eigenvalue weighted by Crippen LogP contribution is 2.26. The van der Waals surface area contributed by atoms with Gasteiger partial charge in [0.05, 0.1) is 23.2 Å². The van der Waals surface area contributed by atoms with E-state index >= 15 is 0 Å². The number of fused-ring (bicyclic) bond motifs is 1. The van der Waals surface area contributed by atoms with Crippen molar-refractivity contribution in [3.8, 4) is 22.8 Å². The van der Waals surface area contributed by atoms with Crippen LogP contribution in [-0.4, -0.2) is 40.8 Å². The maximum absolute atomic E-state index is 9.99. The van der Waals surface area contributed by atoms with Gasteiger partial charge >= 0.3 is 0 Å². The minimum atomic E-state index is -0.872. The topological polar surface area (TPSA) is 103 Å². The van der Waals surface area contributed by atoms with Crippen LogP contribution in [0.25, 0.3) is 33.9 Å². The molecule has 8 heteroatoms. The second-order valence-electron chi connectivity index (χ2n) is 6.88. The third kappa shape index (κ3) is 3.06. The number of aromatic nitrogens is 6. The van der Waals surface area contributed by atoms with Gasteiger partial charge in [-0.05, 0) is 50.6 Å². The maximum atomic E-state index is 9.99. The lowest BCUT2D eigenvalue weighted by atomic mass is 10.1. The van der Waals surface area contributed by atoms with Gasteiger partial charge in [-0.25, -0.2) is 4.68 Å². The van der Waals surface area contributed by atoms with E-state index in [-0.39, 0.29) is 0 Å². The van der Waals surface area contributed by atoms with Gasteiger partial charge in [-0.2, -0.15) is 4.98 Å². The Labute approximate surface area is 149 Å². The number of aryl methyl sites for hydroxylation is 1. The van der Waals surface area contributed by atoms with E-state index in [1.54, 1.807) is 30.9 Å². The molecule has 0 saturated heterocycles. The van der Waals surface area contributed by atoms with E-state index in [0.717, 1.165) is 22.2 Å². The highest BCUT2D eigenvalue weighted by atomic mass is 16.5. The van der Waals surface area contributed by atoms with Crippen LogP contribution in [0.4, 0.5) is 0 Å². The largest absolute Gasteiger partial charge is 0.389 e. The number of nitrogens with zero attached hydrogens (tertiary/aromatic N) is 6. The highest BCUT2D eigenvalue weighted by molar-refractivity contribution is 5.80. The van der Waals surface area contributed by atoms with E-state index in [0.29, 0.717) is 23.8 Å². The Bertz CT molecular complexity index is 1080. The molecule has 1 aromatic carbocycles. The third-order valence-electron chi connectivity index (χ3n) is 4.00. The minimum Gasteiger partial charge on any atom is -0.389 e. The first-order valence-electron chi connectivity index (χ1n) is 8.21. The molecule has 0 aliphatic rings. The van der Waals surface area contributed by atoms with Crippen LogP contribution in [-0.2, 0) is 6.54 Å². The Hall–Kier alpha value is -3.13. The SMILES string of the molecule is Cc1ccncc1-c1nc(-c2ccc3c(c2)nnn3CC(C)(C)O)no1. The first-order chi connectivity index (χ1) is 12.4. The second kappa shape index (κ2) is 5.99. The summed E-state index contributed by atoms with van der Waals surface area (Å²) in [7, 11) is 0. The summed E-state index contributed by atoms with van der Waals surface area (Å²) in [6, 6.07) is 7.53. The molecule has 132 valence electrons. The first-order valence-corrected chi connectivity index (χ1v) is 8.21. The molecule has 8 nitrogen and oxygen atoms in total. The molecular weight excluding hydrogens is 332 g/mol. The van der Waals surface area contributed by atoms with E-state index < -0.39 is 5.60 Å². The van der Waals surface area contributed by atoms with E-state index in [2.05, 4.69) is 25.4 Å². The van der Waals surface area contributed by atoms with Gasteiger partial charge in [0, 0.05) is 18.0 Å². The number of pyridine rings is 1. The first kappa shape index (κ1) is 16.3. The molecule has 0 aliphatic carbocycles. The van der Waals surface area contributed by atoms with Gasteiger partial charge in [-0.3, -0.25) is 4.98 Å². The van der Waals surface area contributed by atoms with E-state index in [9.17, 15) is 5.11 Å². The van der Waals surface area contributed by atoms with Gasteiger partial charge in [0.25, 0.3) is 5.89 Å². The molecule has 0 atom stereocenters. The Kier molecular flexibility index (Phi) is 3.77. The quantitative estimate of drug-likeness (QED) is 0.603. The summed E-state index contributed by atoms with van der Waals surface area (Å²) in [6.07, 6.45) is 3.43. The third-order valence-corrected chi connectivity index (χ3v) is 4.00. The Morgan fingerprint density at radius 3 is 2.85 bits per heavy atom. The number of hydrogen-bond acceptors (Lipinski definition) is 7. The summed E-state index contributed by atoms with van der Waals surface area (Å²) in [4.78, 5) is 8.58. The lowest BCUT2D eigenvalue weighted by Crippen LogP contribution is -2.26. The van der Waals surface area contributed by atoms with Gasteiger partial charge in [0.1, 0.15) is 5.52 Å². The van der Waals surface area contributed by atoms with Crippen LogP contribution < -0.4 is 0 Å². The van der Waals surface area contributed by atoms with Crippen molar-refractivity contribution in [1.82, 2.24) is 30.1 Å². The van der Waals surface area contributed by atoms with Crippen molar-refractivity contribution in [2.75, 3.05) is 0 Å². The highest BCUT2D eigenvalue weighted by Gasteiger charge is 2.18. The fourth-order valence-corrected chi connectivity index (χ4v) is 2.73. The smallest absolute Gasteiger partial charge is 0.260 e. The van der Waals surface area contributed by atoms with Crippen molar-refractivity contribution in [2.24, 2.45) is 0 Å². The molecule has 0 spiro atoms. The molecule has 0 saturated carbocycles. The molecule has 0 unspecified atom stereocenters. The Morgan fingerprint density at radius 2 is 2.08 bits per heavy atom. The van der Waals surface area contributed by atoms with E-state index in [4.69, 9.17) is 4.52 Å². The van der Waals surface area contributed by atoms with Crippen LogP contribution in [0.5, 0.6) is 0 Å². The molecule has 3 aromatic heterocycles. The van der Waals surface area contributed by atoms with Gasteiger partial charge in [-0.15, -0.1) is 5.10 Å². The molecule has 0 amide bonds. The zero-order valence-corrected chi connectivity index (χ0v) is 14.7. The molecule has 3 heterocycles. The average molecular weight is 350 g/mol. The van der Waals surface area contributed by atoms with Crippen molar-refractivity contribution in [2.45, 2.75) is 32.9 Å². The molecule has 0 radical (unpaired) electrons. The number of aliphatic hydroxyl groups is 1. The fourth-order valence-electron chi connectivity index (χ4n) is 2.73. The summed E-state index contributed by atoms with van der Waals surface area (Å²) in [5, 5.41) is 22.3. The van der Waals surface area contributed by atoms with Gasteiger partial charge in [0.15, 0.2) is 0 Å². The normalized spacial score (nSPS) is 12.0. The van der Waals surface area contributed by atoms with Crippen LogP contribution in [0, 0.1) is 6.92 Å². The molecular formula is C18H18N6O2.